The molecule has 0 aliphatic carbocycles. The molecule has 1 aromatic heterocycles. The SMILES string of the molecule is COc1ccccc1N1C(=O)C(=O)/C(=C(\O)c2ccc3c(c2)OCO3)C1c1ccncc1. The van der Waals surface area contributed by atoms with Crippen LogP contribution in [0.2, 0.25) is 0 Å². The molecule has 2 aliphatic heterocycles. The highest BCUT2D eigenvalue weighted by Crippen LogP contribution is 2.45. The number of para-hydroxylation sites is 2. The van der Waals surface area contributed by atoms with Crippen LogP contribution in [0.1, 0.15) is 17.2 Å². The number of rotatable bonds is 4. The van der Waals surface area contributed by atoms with Crippen LogP contribution >= 0.6 is 0 Å². The van der Waals surface area contributed by atoms with Gasteiger partial charge in [0, 0.05) is 18.0 Å². The van der Waals surface area contributed by atoms with E-state index in [0.717, 1.165) is 0 Å². The molecule has 3 aromatic rings. The quantitative estimate of drug-likeness (QED) is 0.385. The average Bonchev–Trinajstić information content (AvgIpc) is 3.41. The third-order valence-corrected chi connectivity index (χ3v) is 5.46. The highest BCUT2D eigenvalue weighted by Gasteiger charge is 2.47. The summed E-state index contributed by atoms with van der Waals surface area (Å²) in [5.74, 6) is -0.445. The van der Waals surface area contributed by atoms with Crippen LogP contribution in [0.15, 0.2) is 72.6 Å². The first kappa shape index (κ1) is 19.6. The standard InChI is InChI=1S/C24H18N2O6/c1-30-17-5-3-2-4-16(17)26-21(14-8-10-25-11-9-14)20(23(28)24(26)29)22(27)15-6-7-18-19(12-15)32-13-31-18/h2-12,21,27H,13H2,1H3/b22-20-. The van der Waals surface area contributed by atoms with Crippen LogP contribution < -0.4 is 19.1 Å². The van der Waals surface area contributed by atoms with E-state index in [9.17, 15) is 14.7 Å². The number of amides is 1. The number of aromatic nitrogens is 1. The molecule has 8 heteroatoms. The zero-order valence-corrected chi connectivity index (χ0v) is 17.0. The van der Waals surface area contributed by atoms with E-state index in [4.69, 9.17) is 14.2 Å². The van der Waals surface area contributed by atoms with Gasteiger partial charge in [0.1, 0.15) is 11.5 Å². The van der Waals surface area contributed by atoms with Crippen LogP contribution in [-0.2, 0) is 9.59 Å². The summed E-state index contributed by atoms with van der Waals surface area (Å²) in [6.07, 6.45) is 3.14. The number of hydrogen-bond donors (Lipinski definition) is 1. The van der Waals surface area contributed by atoms with E-state index in [1.807, 2.05) is 0 Å². The molecule has 0 spiro atoms. The second-order valence-corrected chi connectivity index (χ2v) is 7.19. The minimum Gasteiger partial charge on any atom is -0.507 e. The van der Waals surface area contributed by atoms with E-state index in [1.54, 1.807) is 67.0 Å². The predicted molar refractivity (Wildman–Crippen MR) is 115 cm³/mol. The Hall–Kier alpha value is -4.33. The number of carbonyl (C=O) groups is 2. The number of Topliss-reactive ketones (excluding diaryl/α,β-unsaturated/α-hetero) is 1. The summed E-state index contributed by atoms with van der Waals surface area (Å²) in [5, 5.41) is 11.2. The van der Waals surface area contributed by atoms with Gasteiger partial charge in [-0.2, -0.15) is 0 Å². The van der Waals surface area contributed by atoms with Gasteiger partial charge in [0.25, 0.3) is 11.7 Å². The lowest BCUT2D eigenvalue weighted by atomic mass is 9.95. The van der Waals surface area contributed by atoms with E-state index in [1.165, 1.54) is 12.0 Å². The Morgan fingerprint density at radius 1 is 1.06 bits per heavy atom. The molecule has 1 amide bonds. The van der Waals surface area contributed by atoms with Gasteiger partial charge >= 0.3 is 0 Å². The molecule has 1 fully saturated rings. The third kappa shape index (κ3) is 3.04. The number of fused-ring (bicyclic) bond motifs is 1. The van der Waals surface area contributed by atoms with Gasteiger partial charge in [-0.3, -0.25) is 19.5 Å². The normalized spacial score (nSPS) is 18.8. The van der Waals surface area contributed by atoms with Crippen molar-refractivity contribution in [3.8, 4) is 17.2 Å². The van der Waals surface area contributed by atoms with Gasteiger partial charge in [0.05, 0.1) is 24.4 Å². The Morgan fingerprint density at radius 3 is 2.59 bits per heavy atom. The summed E-state index contributed by atoms with van der Waals surface area (Å²) in [6, 6.07) is 14.3. The number of benzene rings is 2. The molecular weight excluding hydrogens is 412 g/mol. The van der Waals surface area contributed by atoms with Gasteiger partial charge in [-0.15, -0.1) is 0 Å². The molecule has 1 saturated heterocycles. The lowest BCUT2D eigenvalue weighted by Gasteiger charge is -2.26. The Bertz CT molecular complexity index is 1250. The summed E-state index contributed by atoms with van der Waals surface area (Å²) >= 11 is 0. The third-order valence-electron chi connectivity index (χ3n) is 5.46. The predicted octanol–water partition coefficient (Wildman–Crippen LogP) is 3.45. The molecule has 0 saturated carbocycles. The van der Waals surface area contributed by atoms with Crippen LogP contribution in [0.25, 0.3) is 5.76 Å². The Kier molecular flexibility index (Phi) is 4.74. The molecule has 1 unspecified atom stereocenters. The molecule has 32 heavy (non-hydrogen) atoms. The van der Waals surface area contributed by atoms with E-state index < -0.39 is 17.7 Å². The second kappa shape index (κ2) is 7.73. The molecule has 0 bridgehead atoms. The van der Waals surface area contributed by atoms with Crippen LogP contribution in [0.3, 0.4) is 0 Å². The molecule has 8 nitrogen and oxygen atoms in total. The number of aliphatic hydroxyl groups is 1. The van der Waals surface area contributed by atoms with Crippen molar-refractivity contribution in [1.29, 1.82) is 0 Å². The summed E-state index contributed by atoms with van der Waals surface area (Å²) in [6.45, 7) is 0.0781. The molecule has 5 rings (SSSR count). The zero-order valence-electron chi connectivity index (χ0n) is 17.0. The van der Waals surface area contributed by atoms with Crippen molar-refractivity contribution < 1.29 is 28.9 Å². The minimum absolute atomic E-state index is 0.0361. The molecule has 1 atom stereocenters. The summed E-state index contributed by atoms with van der Waals surface area (Å²) in [4.78, 5) is 31.8. The van der Waals surface area contributed by atoms with Crippen LogP contribution in [0.5, 0.6) is 17.2 Å². The van der Waals surface area contributed by atoms with Gasteiger partial charge in [-0.25, -0.2) is 0 Å². The van der Waals surface area contributed by atoms with Crippen molar-refractivity contribution in [2.24, 2.45) is 0 Å². The number of ether oxygens (including phenoxy) is 3. The summed E-state index contributed by atoms with van der Waals surface area (Å²) in [5.41, 5.74) is 1.34. The average molecular weight is 430 g/mol. The van der Waals surface area contributed by atoms with Gasteiger partial charge < -0.3 is 19.3 Å². The topological polar surface area (TPSA) is 98.2 Å². The number of pyridine rings is 1. The Labute approximate surface area is 183 Å². The highest BCUT2D eigenvalue weighted by molar-refractivity contribution is 6.51. The lowest BCUT2D eigenvalue weighted by molar-refractivity contribution is -0.132. The molecule has 0 radical (unpaired) electrons. The van der Waals surface area contributed by atoms with Crippen molar-refractivity contribution in [2.45, 2.75) is 6.04 Å². The van der Waals surface area contributed by atoms with Crippen molar-refractivity contribution in [1.82, 2.24) is 4.98 Å². The fourth-order valence-electron chi connectivity index (χ4n) is 3.97. The maximum Gasteiger partial charge on any atom is 0.300 e. The smallest absolute Gasteiger partial charge is 0.300 e. The van der Waals surface area contributed by atoms with Crippen molar-refractivity contribution in [2.75, 3.05) is 18.8 Å². The first-order valence-corrected chi connectivity index (χ1v) is 9.84. The second-order valence-electron chi connectivity index (χ2n) is 7.19. The van der Waals surface area contributed by atoms with E-state index in [2.05, 4.69) is 4.98 Å². The molecule has 3 heterocycles. The first-order chi connectivity index (χ1) is 15.6. The number of anilines is 1. The van der Waals surface area contributed by atoms with Crippen molar-refractivity contribution in [3.05, 3.63) is 83.7 Å². The highest BCUT2D eigenvalue weighted by atomic mass is 16.7. The van der Waals surface area contributed by atoms with Crippen molar-refractivity contribution in [3.63, 3.8) is 0 Å². The number of ketones is 1. The van der Waals surface area contributed by atoms with E-state index >= 15 is 0 Å². The van der Waals surface area contributed by atoms with Crippen LogP contribution in [-0.4, -0.2) is 35.7 Å². The Morgan fingerprint density at radius 2 is 1.81 bits per heavy atom. The molecule has 1 N–H and O–H groups in total. The maximum atomic E-state index is 13.2. The first-order valence-electron chi connectivity index (χ1n) is 9.84. The van der Waals surface area contributed by atoms with Gasteiger partial charge in [-0.05, 0) is 48.0 Å². The number of carbonyl (C=O) groups excluding carboxylic acids is 2. The van der Waals surface area contributed by atoms with Gasteiger partial charge in [-0.1, -0.05) is 12.1 Å². The lowest BCUT2D eigenvalue weighted by Crippen LogP contribution is -2.29. The fourth-order valence-corrected chi connectivity index (χ4v) is 3.97. The van der Waals surface area contributed by atoms with Crippen molar-refractivity contribution >= 4 is 23.1 Å². The van der Waals surface area contributed by atoms with Crippen LogP contribution in [0.4, 0.5) is 5.69 Å². The minimum atomic E-state index is -0.875. The maximum absolute atomic E-state index is 13.2. The molecule has 2 aliphatic rings. The number of hydrogen-bond acceptors (Lipinski definition) is 7. The van der Waals surface area contributed by atoms with E-state index in [-0.39, 0.29) is 18.1 Å². The number of aliphatic hydroxyl groups excluding tert-OH is 1. The van der Waals surface area contributed by atoms with E-state index in [0.29, 0.717) is 34.1 Å². The Balaban J connectivity index is 1.72. The van der Waals surface area contributed by atoms with Gasteiger partial charge in [0.15, 0.2) is 11.5 Å². The van der Waals surface area contributed by atoms with Crippen LogP contribution in [0, 0.1) is 0 Å². The number of nitrogens with zero attached hydrogens (tertiary/aromatic N) is 2. The van der Waals surface area contributed by atoms with Gasteiger partial charge in [0.2, 0.25) is 6.79 Å². The number of methoxy groups -OCH3 is 1. The monoisotopic (exact) mass is 430 g/mol. The zero-order chi connectivity index (χ0) is 22.2. The molecule has 2 aromatic carbocycles. The summed E-state index contributed by atoms with van der Waals surface area (Å²) < 4.78 is 16.1. The summed E-state index contributed by atoms with van der Waals surface area (Å²) in [7, 11) is 1.49. The molecule has 160 valence electrons. The largest absolute Gasteiger partial charge is 0.507 e. The fraction of sp³-hybridized carbons (Fsp3) is 0.125. The molecular formula is C24H18N2O6.